The molecular formula is C21H15ClF4N4O2S. The second kappa shape index (κ2) is 9.06. The van der Waals surface area contributed by atoms with Gasteiger partial charge in [0.2, 0.25) is 0 Å². The minimum atomic E-state index is -4.84. The first-order valence-electron chi connectivity index (χ1n) is 9.68. The van der Waals surface area contributed by atoms with E-state index in [0.29, 0.717) is 37.8 Å². The number of amides is 1. The molecule has 1 amide bonds. The van der Waals surface area contributed by atoms with Crippen molar-refractivity contribution in [3.05, 3.63) is 57.8 Å². The van der Waals surface area contributed by atoms with Gasteiger partial charge < -0.3 is 4.90 Å². The summed E-state index contributed by atoms with van der Waals surface area (Å²) in [5.74, 6) is -1.38. The Balaban J connectivity index is 1.49. The van der Waals surface area contributed by atoms with Crippen LogP contribution in [0.5, 0.6) is 0 Å². The van der Waals surface area contributed by atoms with Gasteiger partial charge in [-0.15, -0.1) is 11.3 Å². The maximum Gasteiger partial charge on any atom is 0.419 e. The van der Waals surface area contributed by atoms with Gasteiger partial charge in [0.1, 0.15) is 17.4 Å². The second-order valence-electron chi connectivity index (χ2n) is 7.21. The molecule has 0 spiro atoms. The SMILES string of the molecule is O=C1CCN(c2ncc(C(=O)Nc3nc(-c4cccc(C(F)(F)F)c4F)cs3)cc2Cl)CC1. The Morgan fingerprint density at radius 1 is 1.21 bits per heavy atom. The van der Waals surface area contributed by atoms with E-state index in [1.165, 1.54) is 23.7 Å². The Bertz CT molecular complexity index is 1220. The van der Waals surface area contributed by atoms with Crippen LogP contribution in [0, 0.1) is 5.82 Å². The highest BCUT2D eigenvalue weighted by atomic mass is 35.5. The molecule has 4 rings (SSSR count). The van der Waals surface area contributed by atoms with Gasteiger partial charge in [-0.3, -0.25) is 14.9 Å². The van der Waals surface area contributed by atoms with Crippen molar-refractivity contribution in [1.82, 2.24) is 9.97 Å². The van der Waals surface area contributed by atoms with Gasteiger partial charge in [-0.2, -0.15) is 13.2 Å². The number of hydrogen-bond acceptors (Lipinski definition) is 6. The molecule has 1 N–H and O–H groups in total. The number of halogens is 5. The number of nitrogens with one attached hydrogen (secondary N) is 1. The van der Waals surface area contributed by atoms with E-state index in [-0.39, 0.29) is 32.8 Å². The largest absolute Gasteiger partial charge is 0.419 e. The molecule has 0 saturated carbocycles. The van der Waals surface area contributed by atoms with Gasteiger partial charge in [0, 0.05) is 43.1 Å². The lowest BCUT2D eigenvalue weighted by Gasteiger charge is -2.27. The van der Waals surface area contributed by atoms with Crippen molar-refractivity contribution in [3.8, 4) is 11.3 Å². The molecule has 1 aliphatic rings. The van der Waals surface area contributed by atoms with Gasteiger partial charge in [-0.1, -0.05) is 17.7 Å². The summed E-state index contributed by atoms with van der Waals surface area (Å²) in [6.07, 6.45) is -2.71. The van der Waals surface area contributed by atoms with Crippen molar-refractivity contribution in [3.63, 3.8) is 0 Å². The smallest absolute Gasteiger partial charge is 0.355 e. The molecule has 1 saturated heterocycles. The van der Waals surface area contributed by atoms with Crippen molar-refractivity contribution in [2.24, 2.45) is 0 Å². The average molecular weight is 499 g/mol. The summed E-state index contributed by atoms with van der Waals surface area (Å²) < 4.78 is 53.2. The summed E-state index contributed by atoms with van der Waals surface area (Å²) in [7, 11) is 0. The van der Waals surface area contributed by atoms with Crippen molar-refractivity contribution in [2.45, 2.75) is 19.0 Å². The lowest BCUT2D eigenvalue weighted by molar-refractivity contribution is -0.139. The van der Waals surface area contributed by atoms with E-state index in [9.17, 15) is 27.2 Å². The number of piperidine rings is 1. The number of carbonyl (C=O) groups excluding carboxylic acids is 2. The van der Waals surface area contributed by atoms with E-state index in [1.54, 1.807) is 0 Å². The van der Waals surface area contributed by atoms with Crippen LogP contribution in [0.3, 0.4) is 0 Å². The van der Waals surface area contributed by atoms with E-state index < -0.39 is 23.5 Å². The van der Waals surface area contributed by atoms with Crippen LogP contribution >= 0.6 is 22.9 Å². The maximum absolute atomic E-state index is 14.4. The first kappa shape index (κ1) is 23.1. The third-order valence-corrected chi connectivity index (χ3v) is 6.05. The quantitative estimate of drug-likeness (QED) is 0.485. The molecule has 33 heavy (non-hydrogen) atoms. The third kappa shape index (κ3) is 4.98. The Morgan fingerprint density at radius 3 is 2.61 bits per heavy atom. The summed E-state index contributed by atoms with van der Waals surface area (Å²) in [6.45, 7) is 0.982. The number of aromatic nitrogens is 2. The molecule has 3 aromatic rings. The van der Waals surface area contributed by atoms with E-state index in [2.05, 4.69) is 15.3 Å². The second-order valence-corrected chi connectivity index (χ2v) is 8.48. The fourth-order valence-corrected chi connectivity index (χ4v) is 4.32. The summed E-state index contributed by atoms with van der Waals surface area (Å²) >= 11 is 7.22. The zero-order chi connectivity index (χ0) is 23.8. The molecule has 2 aromatic heterocycles. The number of carbonyl (C=O) groups is 2. The van der Waals surface area contributed by atoms with E-state index >= 15 is 0 Å². The molecule has 1 fully saturated rings. The summed E-state index contributed by atoms with van der Waals surface area (Å²) in [4.78, 5) is 34.1. The van der Waals surface area contributed by atoms with Crippen LogP contribution in [0.15, 0.2) is 35.8 Å². The predicted molar refractivity (Wildman–Crippen MR) is 116 cm³/mol. The molecule has 1 aromatic carbocycles. The van der Waals surface area contributed by atoms with Crippen molar-refractivity contribution in [1.29, 1.82) is 0 Å². The third-order valence-electron chi connectivity index (χ3n) is 5.01. The average Bonchev–Trinajstić information content (AvgIpc) is 3.22. The number of anilines is 2. The fourth-order valence-electron chi connectivity index (χ4n) is 3.33. The number of thiazole rings is 1. The normalized spacial score (nSPS) is 14.5. The Kier molecular flexibility index (Phi) is 6.35. The van der Waals surface area contributed by atoms with E-state index in [4.69, 9.17) is 11.6 Å². The Labute approximate surface area is 194 Å². The van der Waals surface area contributed by atoms with Crippen LogP contribution in [-0.4, -0.2) is 34.7 Å². The first-order chi connectivity index (χ1) is 15.6. The molecule has 0 unspecified atom stereocenters. The lowest BCUT2D eigenvalue weighted by atomic mass is 10.1. The standard InChI is InChI=1S/C21H15ClF4N4O2S/c22-15-8-11(9-27-18(15)30-6-4-12(31)5-7-30)19(32)29-20-28-16(10-33-20)13-2-1-3-14(17(13)23)21(24,25)26/h1-3,8-10H,4-7H2,(H,28,29,32). The molecule has 3 heterocycles. The fraction of sp³-hybridized carbons (Fsp3) is 0.238. The molecular weight excluding hydrogens is 484 g/mol. The highest BCUT2D eigenvalue weighted by Gasteiger charge is 2.35. The molecule has 172 valence electrons. The number of rotatable bonds is 4. The minimum Gasteiger partial charge on any atom is -0.355 e. The van der Waals surface area contributed by atoms with Crippen molar-refractivity contribution in [2.75, 3.05) is 23.3 Å². The van der Waals surface area contributed by atoms with Crippen LogP contribution in [0.2, 0.25) is 5.02 Å². The summed E-state index contributed by atoms with van der Waals surface area (Å²) in [6, 6.07) is 4.35. The number of nitrogens with zero attached hydrogens (tertiary/aromatic N) is 3. The number of benzene rings is 1. The van der Waals surface area contributed by atoms with Gasteiger partial charge in [-0.05, 0) is 18.2 Å². The molecule has 12 heteroatoms. The van der Waals surface area contributed by atoms with Crippen LogP contribution in [0.25, 0.3) is 11.3 Å². The minimum absolute atomic E-state index is 0.0370. The van der Waals surface area contributed by atoms with Gasteiger partial charge in [0.25, 0.3) is 5.91 Å². The molecule has 0 aliphatic carbocycles. The number of ketones is 1. The zero-order valence-corrected chi connectivity index (χ0v) is 18.3. The lowest BCUT2D eigenvalue weighted by Crippen LogP contribution is -2.34. The van der Waals surface area contributed by atoms with Crippen LogP contribution in [0.4, 0.5) is 28.5 Å². The monoisotopic (exact) mass is 498 g/mol. The van der Waals surface area contributed by atoms with Gasteiger partial charge in [-0.25, -0.2) is 14.4 Å². The van der Waals surface area contributed by atoms with Gasteiger partial charge >= 0.3 is 6.18 Å². The number of Topliss-reactive ketones (excluding diaryl/α,β-unsaturated/α-hetero) is 1. The van der Waals surface area contributed by atoms with Crippen LogP contribution in [0.1, 0.15) is 28.8 Å². The summed E-state index contributed by atoms with van der Waals surface area (Å²) in [5.41, 5.74) is -1.61. The number of alkyl halides is 3. The van der Waals surface area contributed by atoms with E-state index in [1.807, 2.05) is 4.90 Å². The highest BCUT2D eigenvalue weighted by molar-refractivity contribution is 7.14. The number of pyridine rings is 1. The van der Waals surface area contributed by atoms with Crippen LogP contribution in [-0.2, 0) is 11.0 Å². The van der Waals surface area contributed by atoms with Gasteiger partial charge in [0.15, 0.2) is 5.13 Å². The summed E-state index contributed by atoms with van der Waals surface area (Å²) in [5, 5.41) is 4.17. The predicted octanol–water partition coefficient (Wildman–Crippen LogP) is 5.44. The topological polar surface area (TPSA) is 75.2 Å². The molecule has 0 bridgehead atoms. The Hall–Kier alpha value is -3.05. The molecule has 6 nitrogen and oxygen atoms in total. The van der Waals surface area contributed by atoms with E-state index in [0.717, 1.165) is 17.4 Å². The number of hydrogen-bond donors (Lipinski definition) is 1. The first-order valence-corrected chi connectivity index (χ1v) is 10.9. The maximum atomic E-state index is 14.4. The van der Waals surface area contributed by atoms with Gasteiger partial charge in [0.05, 0.1) is 21.8 Å². The highest BCUT2D eigenvalue weighted by Crippen LogP contribution is 2.36. The van der Waals surface area contributed by atoms with Crippen molar-refractivity contribution < 1.29 is 27.2 Å². The van der Waals surface area contributed by atoms with Crippen molar-refractivity contribution >= 4 is 45.6 Å². The molecule has 1 aliphatic heterocycles. The zero-order valence-electron chi connectivity index (χ0n) is 16.7. The molecule has 0 atom stereocenters. The molecule has 0 radical (unpaired) electrons. The Morgan fingerprint density at radius 2 is 1.94 bits per heavy atom. The van der Waals surface area contributed by atoms with Crippen LogP contribution < -0.4 is 10.2 Å².